The van der Waals surface area contributed by atoms with Crippen LogP contribution in [0.25, 0.3) is 0 Å². The van der Waals surface area contributed by atoms with Crippen LogP contribution in [0.2, 0.25) is 0 Å². The fourth-order valence-corrected chi connectivity index (χ4v) is 2.98. The van der Waals surface area contributed by atoms with Crippen LogP contribution in [-0.4, -0.2) is 6.54 Å². The zero-order chi connectivity index (χ0) is 15.1. The van der Waals surface area contributed by atoms with Crippen LogP contribution >= 0.6 is 0 Å². The molecule has 0 saturated carbocycles. The third kappa shape index (κ3) is 3.98. The van der Waals surface area contributed by atoms with Crippen molar-refractivity contribution in [3.63, 3.8) is 0 Å². The second-order valence-corrected chi connectivity index (χ2v) is 5.81. The lowest BCUT2D eigenvalue weighted by Gasteiger charge is -2.32. The fourth-order valence-electron chi connectivity index (χ4n) is 2.98. The van der Waals surface area contributed by atoms with Gasteiger partial charge >= 0.3 is 0 Å². The van der Waals surface area contributed by atoms with E-state index in [1.165, 1.54) is 17.5 Å². The molecular weight excluding hydrogens is 258 g/mol. The van der Waals surface area contributed by atoms with Crippen LogP contribution in [0.4, 0.5) is 0 Å². The minimum atomic E-state index is 0.307. The maximum atomic E-state index is 5.33. The van der Waals surface area contributed by atoms with E-state index in [0.717, 1.165) is 13.0 Å². The van der Waals surface area contributed by atoms with E-state index in [9.17, 15) is 0 Å². The Morgan fingerprint density at radius 3 is 2.38 bits per heavy atom. The second-order valence-electron chi connectivity index (χ2n) is 5.81. The molecule has 3 unspecified atom stereocenters. The molecule has 3 atom stereocenters. The van der Waals surface area contributed by atoms with Crippen LogP contribution in [0.1, 0.15) is 56.7 Å². The van der Waals surface area contributed by atoms with Crippen molar-refractivity contribution in [2.24, 2.45) is 5.92 Å². The monoisotopic (exact) mass is 285 g/mol. The Balaban J connectivity index is 2.35. The summed E-state index contributed by atoms with van der Waals surface area (Å²) < 4.78 is 5.33. The molecule has 0 fully saturated rings. The first-order valence-corrected chi connectivity index (χ1v) is 8.08. The molecule has 1 aromatic carbocycles. The molecule has 0 saturated heterocycles. The fraction of sp³-hybridized carbons (Fsp3) is 0.474. The average molecular weight is 285 g/mol. The molecule has 2 aromatic rings. The molecule has 0 spiro atoms. The SMILES string of the molecule is CCCNC(c1ccoc1)C(c1ccccc1)C(C)CC. The van der Waals surface area contributed by atoms with Crippen molar-refractivity contribution in [1.29, 1.82) is 0 Å². The molecule has 2 rings (SSSR count). The predicted molar refractivity (Wildman–Crippen MR) is 88.4 cm³/mol. The zero-order valence-corrected chi connectivity index (χ0v) is 13.4. The van der Waals surface area contributed by atoms with E-state index in [4.69, 9.17) is 4.42 Å². The lowest BCUT2D eigenvalue weighted by Crippen LogP contribution is -2.30. The third-order valence-corrected chi connectivity index (χ3v) is 4.32. The quantitative estimate of drug-likeness (QED) is 0.725. The van der Waals surface area contributed by atoms with Gasteiger partial charge in [0.2, 0.25) is 0 Å². The number of hydrogen-bond acceptors (Lipinski definition) is 2. The van der Waals surface area contributed by atoms with Crippen LogP contribution in [-0.2, 0) is 0 Å². The maximum Gasteiger partial charge on any atom is 0.0950 e. The van der Waals surface area contributed by atoms with Crippen molar-refractivity contribution >= 4 is 0 Å². The molecule has 0 amide bonds. The number of hydrogen-bond donors (Lipinski definition) is 1. The van der Waals surface area contributed by atoms with Gasteiger partial charge in [0.05, 0.1) is 12.5 Å². The summed E-state index contributed by atoms with van der Waals surface area (Å²) in [7, 11) is 0. The second kappa shape index (κ2) is 8.04. The van der Waals surface area contributed by atoms with Crippen molar-refractivity contribution in [2.45, 2.75) is 45.6 Å². The van der Waals surface area contributed by atoms with Crippen LogP contribution in [0, 0.1) is 5.92 Å². The van der Waals surface area contributed by atoms with Gasteiger partial charge in [-0.2, -0.15) is 0 Å². The Kier molecular flexibility index (Phi) is 6.06. The number of nitrogens with one attached hydrogen (secondary N) is 1. The van der Waals surface area contributed by atoms with Crippen molar-refractivity contribution in [2.75, 3.05) is 6.54 Å². The molecule has 1 N–H and O–H groups in total. The lowest BCUT2D eigenvalue weighted by molar-refractivity contribution is 0.338. The summed E-state index contributed by atoms with van der Waals surface area (Å²) in [4.78, 5) is 0. The van der Waals surface area contributed by atoms with Gasteiger partial charge in [0.1, 0.15) is 0 Å². The predicted octanol–water partition coefficient (Wildman–Crippen LogP) is 5.15. The van der Waals surface area contributed by atoms with Gasteiger partial charge in [-0.1, -0.05) is 57.5 Å². The van der Waals surface area contributed by atoms with Crippen molar-refractivity contribution in [1.82, 2.24) is 5.32 Å². The van der Waals surface area contributed by atoms with Crippen molar-refractivity contribution in [3.8, 4) is 0 Å². The molecule has 1 aromatic heterocycles. The Morgan fingerprint density at radius 2 is 1.81 bits per heavy atom. The zero-order valence-electron chi connectivity index (χ0n) is 13.4. The van der Waals surface area contributed by atoms with E-state index in [2.05, 4.69) is 62.5 Å². The molecule has 1 heterocycles. The summed E-state index contributed by atoms with van der Waals surface area (Å²) in [5.41, 5.74) is 2.65. The summed E-state index contributed by atoms with van der Waals surface area (Å²) in [6, 6.07) is 13.2. The molecule has 0 bridgehead atoms. The molecule has 21 heavy (non-hydrogen) atoms. The van der Waals surface area contributed by atoms with Crippen LogP contribution in [0.15, 0.2) is 53.3 Å². The molecule has 114 valence electrons. The van der Waals surface area contributed by atoms with Gasteiger partial charge in [0.15, 0.2) is 0 Å². The minimum Gasteiger partial charge on any atom is -0.472 e. The number of benzene rings is 1. The van der Waals surface area contributed by atoms with E-state index < -0.39 is 0 Å². The molecule has 0 aliphatic rings. The molecule has 2 heteroatoms. The molecular formula is C19H27NO. The normalized spacial score (nSPS) is 15.6. The summed E-state index contributed by atoms with van der Waals surface area (Å²) >= 11 is 0. The topological polar surface area (TPSA) is 25.2 Å². The van der Waals surface area contributed by atoms with Gasteiger partial charge in [-0.3, -0.25) is 0 Å². The van der Waals surface area contributed by atoms with Gasteiger partial charge in [-0.15, -0.1) is 0 Å². The van der Waals surface area contributed by atoms with Gasteiger partial charge < -0.3 is 9.73 Å². The van der Waals surface area contributed by atoms with E-state index in [1.807, 2.05) is 6.26 Å². The van der Waals surface area contributed by atoms with Crippen LogP contribution in [0.5, 0.6) is 0 Å². The molecule has 2 nitrogen and oxygen atoms in total. The van der Waals surface area contributed by atoms with Crippen molar-refractivity contribution in [3.05, 3.63) is 60.1 Å². The highest BCUT2D eigenvalue weighted by Gasteiger charge is 2.29. The van der Waals surface area contributed by atoms with E-state index in [1.54, 1.807) is 6.26 Å². The van der Waals surface area contributed by atoms with Gasteiger partial charge in [0, 0.05) is 17.5 Å². The summed E-state index contributed by atoms with van der Waals surface area (Å²) in [5, 5.41) is 3.73. The lowest BCUT2D eigenvalue weighted by atomic mass is 9.78. The Labute approximate surface area is 128 Å². The van der Waals surface area contributed by atoms with E-state index >= 15 is 0 Å². The van der Waals surface area contributed by atoms with Crippen LogP contribution in [0.3, 0.4) is 0 Å². The highest BCUT2D eigenvalue weighted by atomic mass is 16.3. The maximum absolute atomic E-state index is 5.33. The Morgan fingerprint density at radius 1 is 1.05 bits per heavy atom. The average Bonchev–Trinajstić information content (AvgIpc) is 3.05. The first-order valence-electron chi connectivity index (χ1n) is 8.08. The first kappa shape index (κ1) is 15.8. The van der Waals surface area contributed by atoms with Crippen LogP contribution < -0.4 is 5.32 Å². The number of furan rings is 1. The summed E-state index contributed by atoms with van der Waals surface area (Å²) in [5.74, 6) is 1.07. The smallest absolute Gasteiger partial charge is 0.0950 e. The third-order valence-electron chi connectivity index (χ3n) is 4.32. The number of rotatable bonds is 8. The minimum absolute atomic E-state index is 0.307. The standard InChI is InChI=1S/C19H27NO/c1-4-12-20-19(17-11-13-21-14-17)18(15(3)5-2)16-9-7-6-8-10-16/h6-11,13-15,18-20H,4-5,12H2,1-3H3. The first-order chi connectivity index (χ1) is 10.3. The van der Waals surface area contributed by atoms with Crippen molar-refractivity contribution < 1.29 is 4.42 Å². The van der Waals surface area contributed by atoms with Gasteiger partial charge in [0.25, 0.3) is 0 Å². The molecule has 0 aliphatic carbocycles. The highest BCUT2D eigenvalue weighted by Crippen LogP contribution is 2.38. The van der Waals surface area contributed by atoms with Gasteiger partial charge in [-0.25, -0.2) is 0 Å². The molecule has 0 radical (unpaired) electrons. The van der Waals surface area contributed by atoms with E-state index in [-0.39, 0.29) is 0 Å². The molecule has 0 aliphatic heterocycles. The Hall–Kier alpha value is -1.54. The Bertz CT molecular complexity index is 492. The van der Waals surface area contributed by atoms with E-state index in [0.29, 0.717) is 17.9 Å². The summed E-state index contributed by atoms with van der Waals surface area (Å²) in [6.07, 6.45) is 5.96. The highest BCUT2D eigenvalue weighted by molar-refractivity contribution is 5.27. The van der Waals surface area contributed by atoms with Gasteiger partial charge in [-0.05, 0) is 30.5 Å². The summed E-state index contributed by atoms with van der Waals surface area (Å²) in [6.45, 7) is 7.85. The largest absolute Gasteiger partial charge is 0.472 e.